The first-order valence-electron chi connectivity index (χ1n) is 10.7. The molecule has 1 amide bonds. The van der Waals surface area contributed by atoms with Crippen LogP contribution in [0.1, 0.15) is 44.0 Å². The first kappa shape index (κ1) is 18.8. The number of pyridine rings is 1. The third-order valence-electron chi connectivity index (χ3n) is 5.83. The van der Waals surface area contributed by atoms with Crippen molar-refractivity contribution in [3.8, 4) is 0 Å². The van der Waals surface area contributed by atoms with E-state index in [-0.39, 0.29) is 23.9 Å². The fourth-order valence-corrected chi connectivity index (χ4v) is 4.12. The second-order valence-corrected chi connectivity index (χ2v) is 8.10. The molecule has 0 spiro atoms. The number of rotatable bonds is 6. The number of nitrogens with zero attached hydrogens (tertiary/aromatic N) is 4. The number of para-hydroxylation sites is 1. The lowest BCUT2D eigenvalue weighted by Crippen LogP contribution is -2.25. The van der Waals surface area contributed by atoms with E-state index in [9.17, 15) is 9.59 Å². The minimum Gasteiger partial charge on any atom is -0.357 e. The highest BCUT2D eigenvalue weighted by molar-refractivity contribution is 5.90. The minimum atomic E-state index is -0.101. The smallest absolute Gasteiger partial charge is 0.261 e. The summed E-state index contributed by atoms with van der Waals surface area (Å²) in [5.74, 6) is 1.55. The molecule has 2 aromatic heterocycles. The van der Waals surface area contributed by atoms with Crippen LogP contribution in [0.3, 0.4) is 0 Å². The Labute approximate surface area is 174 Å². The van der Waals surface area contributed by atoms with Crippen molar-refractivity contribution in [2.45, 2.75) is 44.6 Å². The van der Waals surface area contributed by atoms with Crippen molar-refractivity contribution < 1.29 is 4.79 Å². The van der Waals surface area contributed by atoms with E-state index in [0.29, 0.717) is 28.8 Å². The first-order chi connectivity index (χ1) is 14.7. The van der Waals surface area contributed by atoms with Crippen LogP contribution in [0.4, 0.5) is 11.5 Å². The number of hydrogen-bond acceptors (Lipinski definition) is 5. The van der Waals surface area contributed by atoms with Gasteiger partial charge in [0.15, 0.2) is 0 Å². The van der Waals surface area contributed by atoms with E-state index in [4.69, 9.17) is 4.98 Å². The van der Waals surface area contributed by atoms with Crippen LogP contribution in [0, 0.1) is 0 Å². The molecule has 1 saturated carbocycles. The Bertz CT molecular complexity index is 1130. The monoisotopic (exact) mass is 403 g/mol. The number of benzene rings is 1. The Hall–Kier alpha value is -3.22. The Morgan fingerprint density at radius 1 is 1.10 bits per heavy atom. The van der Waals surface area contributed by atoms with Gasteiger partial charge >= 0.3 is 0 Å². The highest BCUT2D eigenvalue weighted by Gasteiger charge is 2.28. The molecular formula is C23H25N5O2. The van der Waals surface area contributed by atoms with Gasteiger partial charge in [-0.25, -0.2) is 9.97 Å². The molecule has 0 radical (unpaired) electrons. The van der Waals surface area contributed by atoms with Crippen LogP contribution in [-0.2, 0) is 11.2 Å². The zero-order valence-corrected chi connectivity index (χ0v) is 16.9. The molecule has 0 unspecified atom stereocenters. The lowest BCUT2D eigenvalue weighted by molar-refractivity contribution is -0.116. The molecule has 5 rings (SSSR count). The van der Waals surface area contributed by atoms with Crippen molar-refractivity contribution in [3.05, 3.63) is 58.8 Å². The molecule has 0 atom stereocenters. The number of aromatic nitrogens is 3. The van der Waals surface area contributed by atoms with E-state index in [1.54, 1.807) is 10.8 Å². The van der Waals surface area contributed by atoms with Gasteiger partial charge in [0.05, 0.1) is 22.8 Å². The molecule has 1 aliphatic heterocycles. The second-order valence-electron chi connectivity index (χ2n) is 8.10. The first-order valence-corrected chi connectivity index (χ1v) is 10.7. The summed E-state index contributed by atoms with van der Waals surface area (Å²) in [5.41, 5.74) is 1.38. The van der Waals surface area contributed by atoms with Crippen molar-refractivity contribution in [2.24, 2.45) is 0 Å². The van der Waals surface area contributed by atoms with E-state index in [2.05, 4.69) is 15.2 Å². The molecule has 1 N–H and O–H groups in total. The maximum Gasteiger partial charge on any atom is 0.261 e. The zero-order valence-electron chi connectivity index (χ0n) is 16.9. The van der Waals surface area contributed by atoms with Crippen molar-refractivity contribution in [2.75, 3.05) is 23.3 Å². The lowest BCUT2D eigenvalue weighted by Gasteiger charge is -2.16. The fourth-order valence-electron chi connectivity index (χ4n) is 4.12. The molecule has 30 heavy (non-hydrogen) atoms. The number of fused-ring (bicyclic) bond motifs is 1. The number of carbonyl (C=O) groups is 1. The Morgan fingerprint density at radius 3 is 2.63 bits per heavy atom. The molecule has 1 aliphatic carbocycles. The quantitative estimate of drug-likeness (QED) is 0.683. The lowest BCUT2D eigenvalue weighted by atomic mass is 10.2. The molecule has 3 heterocycles. The summed E-state index contributed by atoms with van der Waals surface area (Å²) in [4.78, 5) is 36.9. The predicted octanol–water partition coefficient (Wildman–Crippen LogP) is 3.30. The van der Waals surface area contributed by atoms with Gasteiger partial charge in [-0.05, 0) is 49.9 Å². The third-order valence-corrected chi connectivity index (χ3v) is 5.83. The summed E-state index contributed by atoms with van der Waals surface area (Å²) in [6.45, 7) is 2.08. The number of hydrogen-bond donors (Lipinski definition) is 1. The molecule has 1 saturated heterocycles. The van der Waals surface area contributed by atoms with E-state index in [1.165, 1.54) is 12.8 Å². The van der Waals surface area contributed by atoms with Crippen molar-refractivity contribution >= 4 is 28.3 Å². The summed E-state index contributed by atoms with van der Waals surface area (Å²) in [7, 11) is 0. The highest BCUT2D eigenvalue weighted by Crippen LogP contribution is 2.35. The Morgan fingerprint density at radius 2 is 1.90 bits per heavy atom. The molecule has 3 aromatic rings. The third kappa shape index (κ3) is 3.79. The molecular weight excluding hydrogens is 378 g/mol. The van der Waals surface area contributed by atoms with E-state index in [0.717, 1.165) is 31.7 Å². The normalized spacial score (nSPS) is 16.2. The van der Waals surface area contributed by atoms with Gasteiger partial charge < -0.3 is 10.2 Å². The van der Waals surface area contributed by atoms with Gasteiger partial charge in [-0.2, -0.15) is 0 Å². The largest absolute Gasteiger partial charge is 0.357 e. The van der Waals surface area contributed by atoms with Gasteiger partial charge in [0.1, 0.15) is 11.6 Å². The van der Waals surface area contributed by atoms with Gasteiger partial charge in [0, 0.05) is 32.0 Å². The summed E-state index contributed by atoms with van der Waals surface area (Å²) < 4.78 is 1.79. The number of amides is 1. The summed E-state index contributed by atoms with van der Waals surface area (Å²) >= 11 is 0. The topological polar surface area (TPSA) is 80.1 Å². The molecule has 7 nitrogen and oxygen atoms in total. The van der Waals surface area contributed by atoms with Gasteiger partial charge in [-0.15, -0.1) is 0 Å². The van der Waals surface area contributed by atoms with Gasteiger partial charge in [-0.3, -0.25) is 14.2 Å². The predicted molar refractivity (Wildman–Crippen MR) is 117 cm³/mol. The zero-order chi connectivity index (χ0) is 20.5. The van der Waals surface area contributed by atoms with E-state index < -0.39 is 0 Å². The molecule has 2 aliphatic rings. The molecule has 7 heteroatoms. The summed E-state index contributed by atoms with van der Waals surface area (Å²) in [5, 5.41) is 3.55. The number of aryl methyl sites for hydroxylation is 1. The van der Waals surface area contributed by atoms with Crippen molar-refractivity contribution in [3.63, 3.8) is 0 Å². The summed E-state index contributed by atoms with van der Waals surface area (Å²) in [6.07, 6.45) is 6.80. The van der Waals surface area contributed by atoms with Crippen LogP contribution in [0.25, 0.3) is 10.9 Å². The number of anilines is 2. The van der Waals surface area contributed by atoms with Gasteiger partial charge in [-0.1, -0.05) is 12.1 Å². The number of carbonyl (C=O) groups excluding carboxylic acids is 1. The fraction of sp³-hybridized carbons (Fsp3) is 0.391. The van der Waals surface area contributed by atoms with Gasteiger partial charge in [0.25, 0.3) is 5.56 Å². The number of nitrogens with one attached hydrogen (secondary N) is 1. The maximum absolute atomic E-state index is 12.9. The van der Waals surface area contributed by atoms with Gasteiger partial charge in [0.2, 0.25) is 5.91 Å². The van der Waals surface area contributed by atoms with Crippen LogP contribution in [0.15, 0.2) is 47.4 Å². The maximum atomic E-state index is 12.9. The van der Waals surface area contributed by atoms with E-state index in [1.807, 2.05) is 36.4 Å². The van der Waals surface area contributed by atoms with Crippen molar-refractivity contribution in [1.29, 1.82) is 0 Å². The standard InChI is InChI=1S/C23H25N5O2/c29-22(25-16-7-10-20(24-15-16)27-13-3-4-14-27)12-11-21-26-19-6-2-1-5-18(19)23(30)28(21)17-8-9-17/h1-2,5-7,10,15,17H,3-4,8-9,11-14H2,(H,25,29). The Kier molecular flexibility index (Phi) is 4.94. The molecule has 1 aromatic carbocycles. The highest BCUT2D eigenvalue weighted by atomic mass is 16.1. The van der Waals surface area contributed by atoms with Crippen molar-refractivity contribution in [1.82, 2.24) is 14.5 Å². The SMILES string of the molecule is O=C(CCc1nc2ccccc2c(=O)n1C1CC1)Nc1ccc(N2CCCC2)nc1. The average molecular weight is 403 g/mol. The van der Waals surface area contributed by atoms with E-state index >= 15 is 0 Å². The summed E-state index contributed by atoms with van der Waals surface area (Å²) in [6, 6.07) is 11.5. The van der Waals surface area contributed by atoms with Crippen LogP contribution in [0.2, 0.25) is 0 Å². The molecule has 154 valence electrons. The van der Waals surface area contributed by atoms with Crippen LogP contribution in [0.5, 0.6) is 0 Å². The average Bonchev–Trinajstić information content (AvgIpc) is 3.45. The van der Waals surface area contributed by atoms with Crippen LogP contribution >= 0.6 is 0 Å². The van der Waals surface area contributed by atoms with Crippen LogP contribution in [-0.4, -0.2) is 33.5 Å². The van der Waals surface area contributed by atoms with Crippen LogP contribution < -0.4 is 15.8 Å². The Balaban J connectivity index is 1.28. The molecule has 0 bridgehead atoms. The second kappa shape index (κ2) is 7.89. The molecule has 2 fully saturated rings. The minimum absolute atomic E-state index is 0.000194.